The van der Waals surface area contributed by atoms with Crippen LogP contribution in [0.1, 0.15) is 24.4 Å². The summed E-state index contributed by atoms with van der Waals surface area (Å²) in [5, 5.41) is 7.87. The second-order valence-electron chi connectivity index (χ2n) is 5.18. The quantitative estimate of drug-likeness (QED) is 0.811. The highest BCUT2D eigenvalue weighted by atomic mass is 16.2. The van der Waals surface area contributed by atoms with Gasteiger partial charge in [0.2, 0.25) is 5.91 Å². The second kappa shape index (κ2) is 6.35. The highest BCUT2D eigenvalue weighted by Gasteiger charge is 2.22. The van der Waals surface area contributed by atoms with Crippen LogP contribution in [0.3, 0.4) is 0 Å². The second-order valence-corrected chi connectivity index (χ2v) is 5.18. The van der Waals surface area contributed by atoms with E-state index in [2.05, 4.69) is 10.3 Å². The molecule has 1 saturated heterocycles. The van der Waals surface area contributed by atoms with E-state index in [1.54, 1.807) is 12.3 Å². The van der Waals surface area contributed by atoms with Crippen LogP contribution in [0.15, 0.2) is 48.8 Å². The summed E-state index contributed by atoms with van der Waals surface area (Å²) in [7, 11) is 0. The van der Waals surface area contributed by atoms with Gasteiger partial charge in [0.25, 0.3) is 0 Å². The molecular formula is C16H18N4O. The van der Waals surface area contributed by atoms with Gasteiger partial charge in [-0.2, -0.15) is 0 Å². The van der Waals surface area contributed by atoms with Crippen molar-refractivity contribution in [3.63, 3.8) is 0 Å². The van der Waals surface area contributed by atoms with Gasteiger partial charge in [0.1, 0.15) is 0 Å². The highest BCUT2D eigenvalue weighted by Crippen LogP contribution is 2.21. The predicted octanol–water partition coefficient (Wildman–Crippen LogP) is 2.16. The van der Waals surface area contributed by atoms with Crippen molar-refractivity contribution in [3.8, 4) is 0 Å². The molecule has 1 amide bonds. The number of carbonyl (C=O) groups excluding carboxylic acids is 1. The molecule has 0 radical (unpaired) electrons. The fourth-order valence-corrected chi connectivity index (χ4v) is 2.60. The molecule has 0 saturated carbocycles. The van der Waals surface area contributed by atoms with E-state index in [9.17, 15) is 4.79 Å². The van der Waals surface area contributed by atoms with Crippen molar-refractivity contribution in [2.24, 2.45) is 0 Å². The average molecular weight is 282 g/mol. The molecule has 1 aliphatic heterocycles. The molecule has 3 rings (SSSR count). The van der Waals surface area contributed by atoms with Gasteiger partial charge in [-0.1, -0.05) is 35.5 Å². The van der Waals surface area contributed by atoms with Crippen LogP contribution < -0.4 is 0 Å². The Morgan fingerprint density at radius 1 is 1.19 bits per heavy atom. The van der Waals surface area contributed by atoms with Gasteiger partial charge < -0.3 is 4.90 Å². The van der Waals surface area contributed by atoms with Crippen LogP contribution in [0.4, 0.5) is 0 Å². The Bertz CT molecular complexity index is 598. The van der Waals surface area contributed by atoms with Crippen molar-refractivity contribution in [1.82, 2.24) is 19.9 Å². The maximum Gasteiger partial charge on any atom is 0.246 e. The van der Waals surface area contributed by atoms with Crippen LogP contribution in [0.2, 0.25) is 0 Å². The van der Waals surface area contributed by atoms with Crippen molar-refractivity contribution >= 4 is 12.0 Å². The van der Waals surface area contributed by atoms with E-state index < -0.39 is 0 Å². The molecule has 1 aliphatic rings. The van der Waals surface area contributed by atoms with E-state index in [1.807, 2.05) is 52.2 Å². The molecular weight excluding hydrogens is 264 g/mol. The van der Waals surface area contributed by atoms with Gasteiger partial charge >= 0.3 is 0 Å². The number of aromatic nitrogens is 3. The molecule has 0 bridgehead atoms. The van der Waals surface area contributed by atoms with E-state index in [4.69, 9.17) is 0 Å². The molecule has 0 atom stereocenters. The number of piperidine rings is 1. The zero-order valence-corrected chi connectivity index (χ0v) is 11.8. The number of hydrogen-bond donors (Lipinski definition) is 0. The van der Waals surface area contributed by atoms with E-state index in [0.29, 0.717) is 6.04 Å². The Balaban J connectivity index is 1.54. The number of hydrogen-bond acceptors (Lipinski definition) is 3. The molecule has 0 unspecified atom stereocenters. The minimum absolute atomic E-state index is 0.0795. The van der Waals surface area contributed by atoms with Crippen LogP contribution in [0, 0.1) is 0 Å². The number of likely N-dealkylation sites (tertiary alicyclic amines) is 1. The lowest BCUT2D eigenvalue weighted by Gasteiger charge is -2.31. The molecule has 2 heterocycles. The summed E-state index contributed by atoms with van der Waals surface area (Å²) in [6.45, 7) is 1.53. The Morgan fingerprint density at radius 3 is 2.62 bits per heavy atom. The first-order valence-corrected chi connectivity index (χ1v) is 7.21. The largest absolute Gasteiger partial charge is 0.339 e. The van der Waals surface area contributed by atoms with Gasteiger partial charge in [0, 0.05) is 25.4 Å². The number of nitrogens with zero attached hydrogens (tertiary/aromatic N) is 4. The summed E-state index contributed by atoms with van der Waals surface area (Å²) < 4.78 is 1.89. The van der Waals surface area contributed by atoms with Crippen LogP contribution in [0.5, 0.6) is 0 Å². The zero-order chi connectivity index (χ0) is 14.5. The normalized spacial score (nSPS) is 16.5. The van der Waals surface area contributed by atoms with Gasteiger partial charge in [0.15, 0.2) is 0 Å². The maximum absolute atomic E-state index is 12.2. The third-order valence-corrected chi connectivity index (χ3v) is 3.81. The van der Waals surface area contributed by atoms with Crippen molar-refractivity contribution in [2.75, 3.05) is 13.1 Å². The first-order chi connectivity index (χ1) is 10.3. The summed E-state index contributed by atoms with van der Waals surface area (Å²) in [5.41, 5.74) is 1.04. The van der Waals surface area contributed by atoms with Gasteiger partial charge in [-0.25, -0.2) is 4.68 Å². The molecule has 0 spiro atoms. The van der Waals surface area contributed by atoms with E-state index >= 15 is 0 Å². The monoisotopic (exact) mass is 282 g/mol. The molecule has 1 fully saturated rings. The third kappa shape index (κ3) is 3.37. The first kappa shape index (κ1) is 13.5. The van der Waals surface area contributed by atoms with Gasteiger partial charge in [-0.15, -0.1) is 5.10 Å². The maximum atomic E-state index is 12.2. The smallest absolute Gasteiger partial charge is 0.246 e. The predicted molar refractivity (Wildman–Crippen MR) is 80.3 cm³/mol. The van der Waals surface area contributed by atoms with Gasteiger partial charge in [-0.05, 0) is 24.5 Å². The molecule has 0 aliphatic carbocycles. The average Bonchev–Trinajstić information content (AvgIpc) is 3.08. The summed E-state index contributed by atoms with van der Waals surface area (Å²) in [6.07, 6.45) is 8.96. The number of amides is 1. The highest BCUT2D eigenvalue weighted by molar-refractivity contribution is 5.91. The Hall–Kier alpha value is -2.43. The van der Waals surface area contributed by atoms with Crippen LogP contribution in [-0.4, -0.2) is 38.9 Å². The van der Waals surface area contributed by atoms with Crippen LogP contribution in [-0.2, 0) is 4.79 Å². The Morgan fingerprint density at radius 2 is 1.95 bits per heavy atom. The van der Waals surface area contributed by atoms with Gasteiger partial charge in [-0.3, -0.25) is 4.79 Å². The first-order valence-electron chi connectivity index (χ1n) is 7.21. The summed E-state index contributed by atoms with van der Waals surface area (Å²) in [5.74, 6) is 0.0795. The van der Waals surface area contributed by atoms with E-state index in [0.717, 1.165) is 31.5 Å². The number of benzene rings is 1. The molecule has 1 aromatic carbocycles. The molecule has 21 heavy (non-hydrogen) atoms. The standard InChI is InChI=1S/C16H18N4O/c21-16(7-6-14-4-2-1-3-5-14)19-11-8-15(9-12-19)20-13-10-17-18-20/h1-7,10,13,15H,8-9,11-12H2/b7-6+. The van der Waals surface area contributed by atoms with Crippen LogP contribution >= 0.6 is 0 Å². The van der Waals surface area contributed by atoms with Crippen molar-refractivity contribution in [1.29, 1.82) is 0 Å². The topological polar surface area (TPSA) is 51.0 Å². The zero-order valence-electron chi connectivity index (χ0n) is 11.8. The summed E-state index contributed by atoms with van der Waals surface area (Å²) >= 11 is 0. The van der Waals surface area contributed by atoms with Crippen molar-refractivity contribution < 1.29 is 4.79 Å². The Kier molecular flexibility index (Phi) is 4.09. The van der Waals surface area contributed by atoms with Crippen molar-refractivity contribution in [3.05, 3.63) is 54.4 Å². The van der Waals surface area contributed by atoms with Crippen molar-refractivity contribution in [2.45, 2.75) is 18.9 Å². The number of rotatable bonds is 3. The molecule has 0 N–H and O–H groups in total. The van der Waals surface area contributed by atoms with Gasteiger partial charge in [0.05, 0.1) is 12.2 Å². The SMILES string of the molecule is O=C(/C=C/c1ccccc1)N1CCC(n2ccnn2)CC1. The lowest BCUT2D eigenvalue weighted by atomic mass is 10.1. The Labute approximate surface area is 123 Å². The molecule has 2 aromatic rings. The molecule has 1 aromatic heterocycles. The summed E-state index contributed by atoms with van der Waals surface area (Å²) in [4.78, 5) is 14.1. The van der Waals surface area contributed by atoms with Crippen LogP contribution in [0.25, 0.3) is 6.08 Å². The molecule has 108 valence electrons. The molecule has 5 heteroatoms. The fourth-order valence-electron chi connectivity index (χ4n) is 2.60. The lowest BCUT2D eigenvalue weighted by molar-refractivity contribution is -0.127. The lowest BCUT2D eigenvalue weighted by Crippen LogP contribution is -2.38. The summed E-state index contributed by atoms with van der Waals surface area (Å²) in [6, 6.07) is 10.2. The third-order valence-electron chi connectivity index (χ3n) is 3.81. The number of carbonyl (C=O) groups is 1. The molecule has 5 nitrogen and oxygen atoms in total. The minimum Gasteiger partial charge on any atom is -0.339 e. The minimum atomic E-state index is 0.0795. The fraction of sp³-hybridized carbons (Fsp3) is 0.312. The van der Waals surface area contributed by atoms with E-state index in [-0.39, 0.29) is 5.91 Å². The van der Waals surface area contributed by atoms with E-state index in [1.165, 1.54) is 0 Å².